The Bertz CT molecular complexity index is 5330. The van der Waals surface area contributed by atoms with Gasteiger partial charge in [-0.2, -0.15) is 10.5 Å². The van der Waals surface area contributed by atoms with E-state index in [1.54, 1.807) is 6.07 Å². The standard InChI is InChI=1S/C80H48N8/c81-49-51-46-52(50-82)48-53(47-51)75-76(84-63-34-12-4-26-55(63)56-27-5-13-35-64(56)84)78(86-67-38-16-8-30-59(67)60-31-9-17-39-68(60)86)80(88-73-44-22-20-42-71(73)83(54-24-2-1-3-25-54)72-43-21-23-45-74(72)88)79(87-69-40-18-10-32-61(69)62-33-11-19-41-70(62)87)77(75)85-65-36-14-6-28-57(65)58-29-7-15-37-66(58)85/h1-48H. The predicted octanol–water partition coefficient (Wildman–Crippen LogP) is 20.7. The van der Waals surface area contributed by atoms with Crippen LogP contribution in [0.2, 0.25) is 0 Å². The van der Waals surface area contributed by atoms with E-state index < -0.39 is 0 Å². The number of nitrogens with zero attached hydrogens (tertiary/aromatic N) is 8. The topological polar surface area (TPSA) is 73.8 Å². The third kappa shape index (κ3) is 6.88. The number of benzene rings is 13. The molecule has 1 aliphatic heterocycles. The van der Waals surface area contributed by atoms with Crippen molar-refractivity contribution in [3.8, 4) is 46.0 Å². The molecule has 18 rings (SSSR count). The lowest BCUT2D eigenvalue weighted by molar-refractivity contribution is 1.03. The van der Waals surface area contributed by atoms with Gasteiger partial charge >= 0.3 is 0 Å². The van der Waals surface area contributed by atoms with Crippen molar-refractivity contribution in [1.29, 1.82) is 10.5 Å². The molecule has 0 amide bonds. The molecule has 0 bridgehead atoms. The molecule has 0 unspecified atom stereocenters. The molecule has 1 aliphatic rings. The minimum atomic E-state index is 0.371. The zero-order valence-corrected chi connectivity index (χ0v) is 47.3. The number of aromatic nitrogens is 4. The largest absolute Gasteiger partial charge is 0.306 e. The molecule has 4 aromatic heterocycles. The molecule has 0 N–H and O–H groups in total. The van der Waals surface area contributed by atoms with E-state index in [4.69, 9.17) is 0 Å². The molecular formula is C80H48N8. The average Bonchev–Trinajstić information content (AvgIpc) is 1.30. The summed E-state index contributed by atoms with van der Waals surface area (Å²) in [4.78, 5) is 4.95. The molecule has 88 heavy (non-hydrogen) atoms. The Morgan fingerprint density at radius 3 is 0.773 bits per heavy atom. The van der Waals surface area contributed by atoms with Crippen molar-refractivity contribution in [2.75, 3.05) is 9.80 Å². The molecule has 8 nitrogen and oxygen atoms in total. The van der Waals surface area contributed by atoms with Crippen LogP contribution in [0.25, 0.3) is 121 Å². The zero-order valence-electron chi connectivity index (χ0n) is 47.3. The monoisotopic (exact) mass is 1120 g/mol. The van der Waals surface area contributed by atoms with Crippen LogP contribution in [0.3, 0.4) is 0 Å². The van der Waals surface area contributed by atoms with Gasteiger partial charge in [-0.05, 0) is 109 Å². The van der Waals surface area contributed by atoms with Crippen LogP contribution in [-0.4, -0.2) is 18.3 Å². The van der Waals surface area contributed by atoms with Crippen LogP contribution in [0.5, 0.6) is 0 Å². The van der Waals surface area contributed by atoms with Crippen molar-refractivity contribution >= 4 is 121 Å². The zero-order chi connectivity index (χ0) is 58.1. The van der Waals surface area contributed by atoms with Gasteiger partial charge in [0.2, 0.25) is 0 Å². The van der Waals surface area contributed by atoms with Crippen molar-refractivity contribution < 1.29 is 0 Å². The molecule has 5 heterocycles. The third-order valence-corrected chi connectivity index (χ3v) is 18.0. The first-order chi connectivity index (χ1) is 43.7. The molecule has 0 aliphatic carbocycles. The van der Waals surface area contributed by atoms with Gasteiger partial charge in [-0.3, -0.25) is 0 Å². The average molecular weight is 1120 g/mol. The van der Waals surface area contributed by atoms with Crippen molar-refractivity contribution in [3.05, 3.63) is 302 Å². The second-order valence-corrected chi connectivity index (χ2v) is 22.6. The molecule has 13 aromatic carbocycles. The van der Waals surface area contributed by atoms with Gasteiger partial charge in [-0.25, -0.2) is 0 Å². The van der Waals surface area contributed by atoms with Gasteiger partial charge in [0.05, 0.1) is 119 Å². The van der Waals surface area contributed by atoms with Crippen LogP contribution in [0, 0.1) is 22.7 Å². The molecule has 0 fully saturated rings. The Balaban J connectivity index is 1.23. The Morgan fingerprint density at radius 1 is 0.227 bits per heavy atom. The lowest BCUT2D eigenvalue weighted by Gasteiger charge is -2.43. The van der Waals surface area contributed by atoms with Crippen LogP contribution >= 0.6 is 0 Å². The fraction of sp³-hybridized carbons (Fsp3) is 0. The number of para-hydroxylation sites is 13. The van der Waals surface area contributed by atoms with E-state index in [0.717, 1.165) is 150 Å². The number of rotatable bonds is 7. The smallest absolute Gasteiger partial charge is 0.0992 e. The normalized spacial score (nSPS) is 12.2. The summed E-state index contributed by atoms with van der Waals surface area (Å²) < 4.78 is 10.0. The molecule has 8 heteroatoms. The maximum atomic E-state index is 11.3. The first kappa shape index (κ1) is 49.1. The second-order valence-electron chi connectivity index (χ2n) is 22.6. The van der Waals surface area contributed by atoms with Crippen molar-refractivity contribution in [2.45, 2.75) is 0 Å². The van der Waals surface area contributed by atoms with E-state index in [2.05, 4.69) is 313 Å². The second kappa shape index (κ2) is 19.1. The quantitative estimate of drug-likeness (QED) is 0.159. The number of hydrogen-bond donors (Lipinski definition) is 0. The number of fused-ring (bicyclic) bond motifs is 14. The molecule has 0 saturated heterocycles. The van der Waals surface area contributed by atoms with Crippen molar-refractivity contribution in [2.24, 2.45) is 0 Å². The number of hydrogen-bond acceptors (Lipinski definition) is 4. The van der Waals surface area contributed by atoms with Crippen LogP contribution < -0.4 is 9.80 Å². The summed E-state index contributed by atoms with van der Waals surface area (Å²) in [6, 6.07) is 109. The van der Waals surface area contributed by atoms with Crippen LogP contribution in [0.1, 0.15) is 11.1 Å². The lowest BCUT2D eigenvalue weighted by atomic mass is 9.92. The summed E-state index contributed by atoms with van der Waals surface area (Å²) in [5.41, 5.74) is 19.5. The Labute approximate surface area is 505 Å². The van der Waals surface area contributed by atoms with Crippen molar-refractivity contribution in [3.63, 3.8) is 0 Å². The molecular weight excluding hydrogens is 1070 g/mol. The summed E-state index contributed by atoms with van der Waals surface area (Å²) in [5, 5.41) is 31.3. The highest BCUT2D eigenvalue weighted by Gasteiger charge is 2.41. The molecule has 17 aromatic rings. The Kier molecular flexibility index (Phi) is 10.6. The molecule has 0 saturated carbocycles. The van der Waals surface area contributed by atoms with E-state index >= 15 is 0 Å². The van der Waals surface area contributed by atoms with Gasteiger partial charge in [0.1, 0.15) is 0 Å². The fourth-order valence-corrected chi connectivity index (χ4v) is 14.6. The van der Waals surface area contributed by atoms with E-state index in [1.165, 1.54) is 0 Å². The molecule has 0 atom stereocenters. The summed E-state index contributed by atoms with van der Waals surface area (Å²) in [7, 11) is 0. The van der Waals surface area contributed by atoms with Gasteiger partial charge in [0, 0.05) is 54.3 Å². The van der Waals surface area contributed by atoms with E-state index in [1.807, 2.05) is 12.1 Å². The molecule has 0 radical (unpaired) electrons. The summed E-state index contributed by atoms with van der Waals surface area (Å²) >= 11 is 0. The highest BCUT2D eigenvalue weighted by molar-refractivity contribution is 6.20. The van der Waals surface area contributed by atoms with E-state index in [-0.39, 0.29) is 0 Å². The highest BCUT2D eigenvalue weighted by Crippen LogP contribution is 2.61. The molecule has 0 spiro atoms. The van der Waals surface area contributed by atoms with Gasteiger partial charge in [-0.1, -0.05) is 188 Å². The number of anilines is 6. The van der Waals surface area contributed by atoms with E-state index in [0.29, 0.717) is 16.7 Å². The van der Waals surface area contributed by atoms with Gasteiger partial charge in [0.15, 0.2) is 0 Å². The maximum absolute atomic E-state index is 11.3. The summed E-state index contributed by atoms with van der Waals surface area (Å²) in [6.07, 6.45) is 0. The fourth-order valence-electron chi connectivity index (χ4n) is 14.6. The first-order valence-electron chi connectivity index (χ1n) is 29.6. The lowest BCUT2D eigenvalue weighted by Crippen LogP contribution is -2.27. The first-order valence-corrected chi connectivity index (χ1v) is 29.6. The Hall–Kier alpha value is -12.4. The van der Waals surface area contributed by atoms with Crippen LogP contribution in [0.4, 0.5) is 34.1 Å². The number of nitriles is 2. The SMILES string of the molecule is N#Cc1cc(C#N)cc(-c2c(-n3c4ccccc4c4ccccc43)c(-n3c4ccccc4c4ccccc43)c(N3c4ccccc4N(c4ccccc4)c4ccccc43)c(-n3c4ccccc4c4ccccc43)c2-n2c3ccccc3c3ccccc32)c1. The van der Waals surface area contributed by atoms with E-state index in [9.17, 15) is 10.5 Å². The predicted molar refractivity (Wildman–Crippen MR) is 362 cm³/mol. The minimum absolute atomic E-state index is 0.371. The third-order valence-electron chi connectivity index (χ3n) is 18.0. The summed E-state index contributed by atoms with van der Waals surface area (Å²) in [5.74, 6) is 0. The van der Waals surface area contributed by atoms with Gasteiger partial charge < -0.3 is 28.1 Å². The van der Waals surface area contributed by atoms with Gasteiger partial charge in [-0.15, -0.1) is 0 Å². The molecule has 408 valence electrons. The van der Waals surface area contributed by atoms with Gasteiger partial charge in [0.25, 0.3) is 0 Å². The van der Waals surface area contributed by atoms with Crippen molar-refractivity contribution in [1.82, 2.24) is 18.3 Å². The maximum Gasteiger partial charge on any atom is 0.0992 e. The van der Waals surface area contributed by atoms with Crippen LogP contribution in [-0.2, 0) is 0 Å². The van der Waals surface area contributed by atoms with Crippen LogP contribution in [0.15, 0.2) is 291 Å². The summed E-state index contributed by atoms with van der Waals surface area (Å²) in [6.45, 7) is 0. The highest BCUT2D eigenvalue weighted by atomic mass is 15.3. The minimum Gasteiger partial charge on any atom is -0.306 e. The Morgan fingerprint density at radius 2 is 0.477 bits per heavy atom.